The minimum Gasteiger partial charge on any atom is -0.489 e. The molecule has 0 spiro atoms. The van der Waals surface area contributed by atoms with Crippen molar-refractivity contribution in [3.8, 4) is 5.75 Å². The van der Waals surface area contributed by atoms with Gasteiger partial charge in [-0.2, -0.15) is 0 Å². The third-order valence-corrected chi connectivity index (χ3v) is 4.29. The summed E-state index contributed by atoms with van der Waals surface area (Å²) in [4.78, 5) is 4.55. The lowest BCUT2D eigenvalue weighted by Gasteiger charge is -2.13. The fourth-order valence-electron chi connectivity index (χ4n) is 2.27. The first-order valence-corrected chi connectivity index (χ1v) is 9.85. The van der Waals surface area contributed by atoms with E-state index >= 15 is 0 Å². The predicted molar refractivity (Wildman–Crippen MR) is 126 cm³/mol. The lowest BCUT2D eigenvalue weighted by Crippen LogP contribution is -2.39. The highest BCUT2D eigenvalue weighted by Crippen LogP contribution is 2.35. The van der Waals surface area contributed by atoms with Crippen molar-refractivity contribution < 1.29 is 4.74 Å². The second-order valence-electron chi connectivity index (χ2n) is 5.64. The maximum atomic E-state index is 6.10. The summed E-state index contributed by atoms with van der Waals surface area (Å²) in [7, 11) is 0. The summed E-state index contributed by atoms with van der Waals surface area (Å²) in [5.74, 6) is 1.18. The van der Waals surface area contributed by atoms with Crippen LogP contribution in [-0.2, 0) is 6.54 Å². The van der Waals surface area contributed by atoms with Gasteiger partial charge in [0.05, 0.1) is 16.6 Å². The summed E-state index contributed by atoms with van der Waals surface area (Å²) in [5, 5.41) is 15.2. The van der Waals surface area contributed by atoms with Gasteiger partial charge in [-0.25, -0.2) is 0 Å². The summed E-state index contributed by atoms with van der Waals surface area (Å²) >= 11 is 18.1. The number of hydrogen-bond donors (Lipinski definition) is 2. The van der Waals surface area contributed by atoms with E-state index in [1.54, 1.807) is 24.8 Å². The van der Waals surface area contributed by atoms with Gasteiger partial charge in [-0.05, 0) is 31.9 Å². The quantitative estimate of drug-likeness (QED) is 0.196. The maximum absolute atomic E-state index is 6.10. The van der Waals surface area contributed by atoms with Crippen LogP contribution in [0.2, 0.25) is 15.1 Å². The Morgan fingerprint density at radius 2 is 1.79 bits per heavy atom. The third kappa shape index (κ3) is 9.02. The number of halogens is 4. The molecule has 0 radical (unpaired) electrons. The number of nitrogens with one attached hydrogen (secondary N) is 2. The van der Waals surface area contributed by atoms with Crippen LogP contribution < -0.4 is 15.4 Å². The highest BCUT2D eigenvalue weighted by Gasteiger charge is 2.09. The second kappa shape index (κ2) is 14.1. The number of aromatic nitrogens is 3. The van der Waals surface area contributed by atoms with Crippen molar-refractivity contribution in [3.05, 3.63) is 39.9 Å². The molecule has 0 saturated heterocycles. The summed E-state index contributed by atoms with van der Waals surface area (Å²) in [6, 6.07) is 3.20. The molecule has 0 bridgehead atoms. The average molecular weight is 562 g/mol. The standard InChI is InChI=1S/C17H23Cl3N6O.HI/c1-2-21-17(22-5-3-4-7-26-11-24-25-12-26)23-6-8-27-16-14(19)9-13(18)10-15(16)20;/h9-12H,2-8H2,1H3,(H2,21,22,23);1H. The lowest BCUT2D eigenvalue weighted by atomic mass is 10.3. The lowest BCUT2D eigenvalue weighted by molar-refractivity contribution is 0.322. The largest absolute Gasteiger partial charge is 0.489 e. The average Bonchev–Trinajstić information content (AvgIpc) is 3.13. The van der Waals surface area contributed by atoms with E-state index in [1.807, 2.05) is 11.5 Å². The molecule has 2 aromatic rings. The van der Waals surface area contributed by atoms with E-state index in [0.717, 1.165) is 38.4 Å². The molecule has 28 heavy (non-hydrogen) atoms. The maximum Gasteiger partial charge on any atom is 0.191 e. The van der Waals surface area contributed by atoms with Gasteiger partial charge in [-0.15, -0.1) is 34.2 Å². The topological polar surface area (TPSA) is 76.4 Å². The molecule has 0 amide bonds. The van der Waals surface area contributed by atoms with E-state index in [0.29, 0.717) is 34.0 Å². The number of ether oxygens (including phenoxy) is 1. The molecule has 0 unspecified atom stereocenters. The number of benzene rings is 1. The monoisotopic (exact) mass is 560 g/mol. The summed E-state index contributed by atoms with van der Waals surface area (Å²) in [6.07, 6.45) is 5.42. The Morgan fingerprint density at radius 3 is 2.43 bits per heavy atom. The molecular formula is C17H24Cl3IN6O. The van der Waals surface area contributed by atoms with E-state index in [2.05, 4.69) is 25.8 Å². The van der Waals surface area contributed by atoms with Crippen molar-refractivity contribution in [2.24, 2.45) is 4.99 Å². The minimum atomic E-state index is 0. The first-order chi connectivity index (χ1) is 13.1. The highest BCUT2D eigenvalue weighted by atomic mass is 127. The van der Waals surface area contributed by atoms with Gasteiger partial charge in [0.25, 0.3) is 0 Å². The van der Waals surface area contributed by atoms with Crippen LogP contribution in [0.25, 0.3) is 0 Å². The zero-order chi connectivity index (χ0) is 19.5. The van der Waals surface area contributed by atoms with Gasteiger partial charge >= 0.3 is 0 Å². The van der Waals surface area contributed by atoms with Gasteiger partial charge in [0.2, 0.25) is 0 Å². The zero-order valence-electron chi connectivity index (χ0n) is 15.5. The molecule has 0 atom stereocenters. The Bertz CT molecular complexity index is 707. The van der Waals surface area contributed by atoms with Crippen LogP contribution in [0.15, 0.2) is 29.8 Å². The Morgan fingerprint density at radius 1 is 1.11 bits per heavy atom. The highest BCUT2D eigenvalue weighted by molar-refractivity contribution is 14.0. The van der Waals surface area contributed by atoms with E-state index < -0.39 is 0 Å². The Labute approximate surface area is 197 Å². The summed E-state index contributed by atoms with van der Waals surface area (Å²) in [5.41, 5.74) is 0. The molecule has 0 aliphatic heterocycles. The molecule has 1 aromatic carbocycles. The SMILES string of the molecule is CCNC(=NCCCCn1cnnc1)NCCOc1c(Cl)cc(Cl)cc1Cl.I. The molecule has 2 N–H and O–H groups in total. The van der Waals surface area contributed by atoms with Crippen LogP contribution in [0.4, 0.5) is 0 Å². The normalized spacial score (nSPS) is 11.1. The van der Waals surface area contributed by atoms with E-state index in [-0.39, 0.29) is 24.0 Å². The van der Waals surface area contributed by atoms with Crippen LogP contribution in [0.5, 0.6) is 5.75 Å². The van der Waals surface area contributed by atoms with Crippen molar-refractivity contribution in [1.82, 2.24) is 25.4 Å². The molecule has 1 aromatic heterocycles. The van der Waals surface area contributed by atoms with Crippen molar-refractivity contribution in [3.63, 3.8) is 0 Å². The number of guanidine groups is 1. The molecule has 0 fully saturated rings. The first-order valence-electron chi connectivity index (χ1n) is 8.72. The van der Waals surface area contributed by atoms with E-state index in [9.17, 15) is 0 Å². The van der Waals surface area contributed by atoms with E-state index in [4.69, 9.17) is 39.5 Å². The Balaban J connectivity index is 0.00000392. The zero-order valence-corrected chi connectivity index (χ0v) is 20.1. The molecule has 156 valence electrons. The van der Waals surface area contributed by atoms with Crippen molar-refractivity contribution in [2.45, 2.75) is 26.3 Å². The van der Waals surface area contributed by atoms with Gasteiger partial charge in [-0.3, -0.25) is 4.99 Å². The van der Waals surface area contributed by atoms with Gasteiger partial charge in [0.15, 0.2) is 11.7 Å². The fraction of sp³-hybridized carbons (Fsp3) is 0.471. The predicted octanol–water partition coefficient (Wildman–Crippen LogP) is 4.27. The van der Waals surface area contributed by atoms with Crippen LogP contribution in [0, 0.1) is 0 Å². The smallest absolute Gasteiger partial charge is 0.191 e. The molecule has 0 aliphatic rings. The molecule has 0 aliphatic carbocycles. The van der Waals surface area contributed by atoms with Gasteiger partial charge < -0.3 is 19.9 Å². The molecule has 0 saturated carbocycles. The number of nitrogens with zero attached hydrogens (tertiary/aromatic N) is 4. The van der Waals surface area contributed by atoms with Crippen LogP contribution in [0.3, 0.4) is 0 Å². The summed E-state index contributed by atoms with van der Waals surface area (Å²) < 4.78 is 7.61. The second-order valence-corrected chi connectivity index (χ2v) is 6.89. The number of aliphatic imine (C=N–C) groups is 1. The van der Waals surface area contributed by atoms with Crippen molar-refractivity contribution >= 4 is 64.7 Å². The number of rotatable bonds is 10. The molecule has 7 nitrogen and oxygen atoms in total. The van der Waals surface area contributed by atoms with E-state index in [1.165, 1.54) is 0 Å². The van der Waals surface area contributed by atoms with Crippen LogP contribution in [-0.4, -0.2) is 47.0 Å². The Hall–Kier alpha value is -0.970. The van der Waals surface area contributed by atoms with Crippen LogP contribution >= 0.6 is 58.8 Å². The van der Waals surface area contributed by atoms with Crippen LogP contribution in [0.1, 0.15) is 19.8 Å². The molecule has 2 rings (SSSR count). The molecule has 1 heterocycles. The van der Waals surface area contributed by atoms with Gasteiger partial charge in [0.1, 0.15) is 19.3 Å². The summed E-state index contributed by atoms with van der Waals surface area (Å²) in [6.45, 7) is 5.37. The molecular weight excluding hydrogens is 537 g/mol. The first kappa shape index (κ1) is 25.1. The molecule has 11 heteroatoms. The van der Waals surface area contributed by atoms with Crippen molar-refractivity contribution in [2.75, 3.05) is 26.2 Å². The van der Waals surface area contributed by atoms with Gasteiger partial charge in [0, 0.05) is 24.7 Å². The van der Waals surface area contributed by atoms with Gasteiger partial charge in [-0.1, -0.05) is 34.8 Å². The number of hydrogen-bond acceptors (Lipinski definition) is 4. The Kier molecular flexibility index (Phi) is 12.6. The number of unbranched alkanes of at least 4 members (excludes halogenated alkanes) is 1. The third-order valence-electron chi connectivity index (χ3n) is 3.51. The fourth-order valence-corrected chi connectivity index (χ4v) is 3.19. The minimum absolute atomic E-state index is 0. The van der Waals surface area contributed by atoms with Crippen molar-refractivity contribution in [1.29, 1.82) is 0 Å². The number of aryl methyl sites for hydroxylation is 1.